The summed E-state index contributed by atoms with van der Waals surface area (Å²) in [5, 5.41) is 8.85. The molecule has 2 heteroatoms. The number of ether oxygens (including phenoxy) is 1. The van der Waals surface area contributed by atoms with Crippen LogP contribution in [-0.4, -0.2) is 7.11 Å². The second-order valence-electron chi connectivity index (χ2n) is 4.23. The average molecular weight is 261 g/mol. The van der Waals surface area contributed by atoms with Gasteiger partial charge in [0.25, 0.3) is 0 Å². The fraction of sp³-hybridized carbons (Fsp3) is 0.0556. The van der Waals surface area contributed by atoms with E-state index < -0.39 is 0 Å². The van der Waals surface area contributed by atoms with E-state index >= 15 is 0 Å². The standard InChI is InChI=1S/C18H15NO/c1-3-4-18(15-7-5-14(13-19)6-8-15)16-9-11-17(20-2)12-10-16/h3-12H,1H2,2H3/b18-4-. The number of benzene rings is 2. The second-order valence-corrected chi connectivity index (χ2v) is 4.23. The Balaban J connectivity index is 2.42. The minimum Gasteiger partial charge on any atom is -0.497 e. The van der Waals surface area contributed by atoms with Crippen molar-refractivity contribution in [2.75, 3.05) is 7.11 Å². The first-order valence-electron chi connectivity index (χ1n) is 6.26. The number of nitrogens with zero attached hydrogens (tertiary/aromatic N) is 1. The number of hydrogen-bond donors (Lipinski definition) is 0. The molecule has 2 nitrogen and oxygen atoms in total. The van der Waals surface area contributed by atoms with Crippen LogP contribution in [0.5, 0.6) is 5.75 Å². The van der Waals surface area contributed by atoms with E-state index in [1.165, 1.54) is 0 Å². The summed E-state index contributed by atoms with van der Waals surface area (Å²) in [5.41, 5.74) is 3.85. The first-order chi connectivity index (χ1) is 9.78. The summed E-state index contributed by atoms with van der Waals surface area (Å²) in [4.78, 5) is 0. The van der Waals surface area contributed by atoms with Crippen molar-refractivity contribution < 1.29 is 4.74 Å². The third-order valence-electron chi connectivity index (χ3n) is 3.01. The fourth-order valence-electron chi connectivity index (χ4n) is 1.97. The monoisotopic (exact) mass is 261 g/mol. The van der Waals surface area contributed by atoms with Gasteiger partial charge in [0, 0.05) is 0 Å². The first kappa shape index (κ1) is 13.6. The number of hydrogen-bond acceptors (Lipinski definition) is 2. The van der Waals surface area contributed by atoms with Gasteiger partial charge in [0.05, 0.1) is 18.7 Å². The third kappa shape index (κ3) is 2.96. The Morgan fingerprint density at radius 1 is 1.05 bits per heavy atom. The third-order valence-corrected chi connectivity index (χ3v) is 3.01. The van der Waals surface area contributed by atoms with E-state index in [-0.39, 0.29) is 0 Å². The van der Waals surface area contributed by atoms with Crippen LogP contribution in [0.4, 0.5) is 0 Å². The molecule has 98 valence electrons. The second kappa shape index (κ2) is 6.40. The van der Waals surface area contributed by atoms with Gasteiger partial charge >= 0.3 is 0 Å². The smallest absolute Gasteiger partial charge is 0.118 e. The molecule has 0 aliphatic rings. The van der Waals surface area contributed by atoms with Crippen molar-refractivity contribution >= 4 is 5.57 Å². The first-order valence-corrected chi connectivity index (χ1v) is 6.26. The van der Waals surface area contributed by atoms with Crippen LogP contribution in [0.2, 0.25) is 0 Å². The van der Waals surface area contributed by atoms with Crippen molar-refractivity contribution in [2.45, 2.75) is 0 Å². The van der Waals surface area contributed by atoms with Crippen molar-refractivity contribution in [2.24, 2.45) is 0 Å². The highest BCUT2D eigenvalue weighted by Gasteiger charge is 2.05. The molecule has 0 fully saturated rings. The number of nitriles is 1. The summed E-state index contributed by atoms with van der Waals surface area (Å²) in [7, 11) is 1.65. The van der Waals surface area contributed by atoms with Crippen molar-refractivity contribution in [3.05, 3.63) is 84.0 Å². The van der Waals surface area contributed by atoms with Crippen LogP contribution >= 0.6 is 0 Å². The van der Waals surface area contributed by atoms with Crippen LogP contribution in [-0.2, 0) is 0 Å². The molecule has 0 bridgehead atoms. The molecule has 0 heterocycles. The highest BCUT2D eigenvalue weighted by molar-refractivity contribution is 5.81. The lowest BCUT2D eigenvalue weighted by molar-refractivity contribution is 0.415. The normalized spacial score (nSPS) is 10.7. The predicted octanol–water partition coefficient (Wildman–Crippen LogP) is 4.18. The summed E-state index contributed by atoms with van der Waals surface area (Å²) in [6, 6.07) is 17.5. The summed E-state index contributed by atoms with van der Waals surface area (Å²) < 4.78 is 5.17. The van der Waals surface area contributed by atoms with E-state index in [1.807, 2.05) is 54.6 Å². The maximum absolute atomic E-state index is 8.85. The fourth-order valence-corrected chi connectivity index (χ4v) is 1.97. The highest BCUT2D eigenvalue weighted by Crippen LogP contribution is 2.25. The molecule has 20 heavy (non-hydrogen) atoms. The lowest BCUT2D eigenvalue weighted by Crippen LogP contribution is -1.89. The molecule has 0 aliphatic heterocycles. The molecule has 0 spiro atoms. The minimum absolute atomic E-state index is 0.654. The molecule has 0 radical (unpaired) electrons. The zero-order valence-corrected chi connectivity index (χ0v) is 11.3. The Morgan fingerprint density at radius 3 is 2.05 bits per heavy atom. The number of rotatable bonds is 4. The van der Waals surface area contributed by atoms with Gasteiger partial charge in [0.15, 0.2) is 0 Å². The van der Waals surface area contributed by atoms with E-state index in [4.69, 9.17) is 10.00 Å². The molecule has 0 aromatic heterocycles. The van der Waals surface area contributed by atoms with E-state index in [0.717, 1.165) is 22.4 Å². The highest BCUT2D eigenvalue weighted by atomic mass is 16.5. The van der Waals surface area contributed by atoms with Crippen LogP contribution < -0.4 is 4.74 Å². The molecule has 0 aliphatic carbocycles. The van der Waals surface area contributed by atoms with Crippen LogP contribution in [0.15, 0.2) is 67.3 Å². The summed E-state index contributed by atoms with van der Waals surface area (Å²) in [5.74, 6) is 0.825. The number of methoxy groups -OCH3 is 1. The molecule has 0 unspecified atom stereocenters. The zero-order valence-electron chi connectivity index (χ0n) is 11.3. The van der Waals surface area contributed by atoms with Gasteiger partial charge in [0.1, 0.15) is 5.75 Å². The van der Waals surface area contributed by atoms with E-state index in [1.54, 1.807) is 13.2 Å². The lowest BCUT2D eigenvalue weighted by Gasteiger charge is -2.09. The van der Waals surface area contributed by atoms with Crippen LogP contribution in [0.3, 0.4) is 0 Å². The summed E-state index contributed by atoms with van der Waals surface area (Å²) in [6.07, 6.45) is 3.72. The van der Waals surface area contributed by atoms with Crippen molar-refractivity contribution in [3.8, 4) is 11.8 Å². The van der Waals surface area contributed by atoms with Crippen molar-refractivity contribution in [3.63, 3.8) is 0 Å². The Bertz CT molecular complexity index is 658. The molecule has 2 rings (SSSR count). The molecular formula is C18H15NO. The Hall–Kier alpha value is -2.79. The SMILES string of the molecule is C=C/C=C(/c1ccc(C#N)cc1)c1ccc(OC)cc1. The van der Waals surface area contributed by atoms with Crippen molar-refractivity contribution in [1.82, 2.24) is 0 Å². The summed E-state index contributed by atoms with van der Waals surface area (Å²) in [6.45, 7) is 3.77. The molecule has 2 aromatic carbocycles. The van der Waals surface area contributed by atoms with E-state index in [0.29, 0.717) is 5.56 Å². The quantitative estimate of drug-likeness (QED) is 0.773. The van der Waals surface area contributed by atoms with E-state index in [2.05, 4.69) is 12.6 Å². The van der Waals surface area contributed by atoms with Crippen LogP contribution in [0, 0.1) is 11.3 Å². The average Bonchev–Trinajstić information content (AvgIpc) is 2.53. The minimum atomic E-state index is 0.654. The lowest BCUT2D eigenvalue weighted by atomic mass is 9.96. The molecule has 0 atom stereocenters. The van der Waals surface area contributed by atoms with Gasteiger partial charge in [-0.15, -0.1) is 0 Å². The van der Waals surface area contributed by atoms with Crippen LogP contribution in [0.1, 0.15) is 16.7 Å². The van der Waals surface area contributed by atoms with E-state index in [9.17, 15) is 0 Å². The largest absolute Gasteiger partial charge is 0.497 e. The molecule has 0 N–H and O–H groups in total. The topological polar surface area (TPSA) is 33.0 Å². The molecule has 2 aromatic rings. The van der Waals surface area contributed by atoms with Gasteiger partial charge < -0.3 is 4.74 Å². The Morgan fingerprint density at radius 2 is 1.60 bits per heavy atom. The Kier molecular flexibility index (Phi) is 4.36. The summed E-state index contributed by atoms with van der Waals surface area (Å²) >= 11 is 0. The van der Waals surface area contributed by atoms with Gasteiger partial charge in [0.2, 0.25) is 0 Å². The van der Waals surface area contributed by atoms with Gasteiger partial charge in [-0.2, -0.15) is 5.26 Å². The molecule has 0 amide bonds. The molecular weight excluding hydrogens is 246 g/mol. The van der Waals surface area contributed by atoms with Gasteiger partial charge in [-0.1, -0.05) is 43.0 Å². The van der Waals surface area contributed by atoms with Gasteiger partial charge in [-0.05, 0) is 41.0 Å². The zero-order chi connectivity index (χ0) is 14.4. The maximum Gasteiger partial charge on any atom is 0.118 e. The molecule has 0 saturated carbocycles. The maximum atomic E-state index is 8.85. The van der Waals surface area contributed by atoms with Crippen molar-refractivity contribution in [1.29, 1.82) is 5.26 Å². The van der Waals surface area contributed by atoms with Gasteiger partial charge in [-0.3, -0.25) is 0 Å². The molecule has 0 saturated heterocycles. The van der Waals surface area contributed by atoms with Gasteiger partial charge in [-0.25, -0.2) is 0 Å². The van der Waals surface area contributed by atoms with Crippen LogP contribution in [0.25, 0.3) is 5.57 Å². The number of allylic oxidation sites excluding steroid dienone is 2. The predicted molar refractivity (Wildman–Crippen MR) is 81.4 cm³/mol. The Labute approximate surface area is 119 Å².